The van der Waals surface area contributed by atoms with Crippen molar-refractivity contribution in [3.05, 3.63) is 122 Å². The van der Waals surface area contributed by atoms with E-state index in [4.69, 9.17) is 28.4 Å². The van der Waals surface area contributed by atoms with E-state index in [1.165, 1.54) is 109 Å². The molecule has 3 fully saturated rings. The topological polar surface area (TPSA) is 307 Å². The van der Waals surface area contributed by atoms with Gasteiger partial charge in [-0.05, 0) is 89.9 Å². The van der Waals surface area contributed by atoms with E-state index in [1.54, 1.807) is 0 Å². The average molecular weight is 1400 g/mol. The number of carbonyl (C=O) groups is 1. The molecule has 3 saturated heterocycles. The maximum Gasteiger partial charge on any atom is 0.220 e. The van der Waals surface area contributed by atoms with Gasteiger partial charge in [0, 0.05) is 6.42 Å². The zero-order valence-corrected chi connectivity index (χ0v) is 60.4. The van der Waals surface area contributed by atoms with E-state index in [1.807, 2.05) is 0 Å². The van der Waals surface area contributed by atoms with Gasteiger partial charge < -0.3 is 89.9 Å². The molecular weight excluding hydrogens is 1260 g/mol. The third-order valence-electron chi connectivity index (χ3n) is 18.3. The molecule has 0 saturated carbocycles. The van der Waals surface area contributed by atoms with Crippen molar-refractivity contribution < 1.29 is 89.4 Å². The lowest BCUT2D eigenvalue weighted by atomic mass is 9.96. The third-order valence-corrected chi connectivity index (χ3v) is 18.3. The van der Waals surface area contributed by atoms with Crippen LogP contribution in [0.2, 0.25) is 0 Å². The summed E-state index contributed by atoms with van der Waals surface area (Å²) in [6.45, 7) is 1.66. The summed E-state index contributed by atoms with van der Waals surface area (Å²) >= 11 is 0. The lowest BCUT2D eigenvalue weighted by molar-refractivity contribution is -0.379. The minimum atomic E-state index is -1.98. The molecule has 17 unspecified atom stereocenters. The number of carbonyl (C=O) groups excluding carboxylic acids is 1. The predicted octanol–water partition coefficient (Wildman–Crippen LogP) is 11.9. The molecule has 0 aromatic rings. The zero-order chi connectivity index (χ0) is 71.8. The Kier molecular flexibility index (Phi) is 53.8. The normalized spacial score (nSPS) is 27.3. The van der Waals surface area contributed by atoms with Crippen molar-refractivity contribution in [1.29, 1.82) is 0 Å². The second kappa shape index (κ2) is 59.6. The van der Waals surface area contributed by atoms with Gasteiger partial charge in [-0.1, -0.05) is 270 Å². The van der Waals surface area contributed by atoms with Gasteiger partial charge in [0.1, 0.15) is 73.2 Å². The van der Waals surface area contributed by atoms with Gasteiger partial charge in [0.2, 0.25) is 5.91 Å². The van der Waals surface area contributed by atoms with Crippen molar-refractivity contribution in [3.8, 4) is 0 Å². The Morgan fingerprint density at radius 3 is 1.07 bits per heavy atom. The Bertz CT molecular complexity index is 2260. The van der Waals surface area contributed by atoms with Crippen molar-refractivity contribution in [2.24, 2.45) is 0 Å². The molecule has 1 amide bonds. The number of aliphatic hydroxyl groups excluding tert-OH is 11. The highest BCUT2D eigenvalue weighted by atomic mass is 16.8. The number of amides is 1. The van der Waals surface area contributed by atoms with Crippen molar-refractivity contribution in [2.45, 2.75) is 349 Å². The van der Waals surface area contributed by atoms with Crippen LogP contribution in [0.4, 0.5) is 0 Å². The fourth-order valence-corrected chi connectivity index (χ4v) is 12.2. The van der Waals surface area contributed by atoms with E-state index in [2.05, 4.69) is 141 Å². The monoisotopic (exact) mass is 1400 g/mol. The molecule has 3 rings (SSSR count). The largest absolute Gasteiger partial charge is 0.394 e. The molecule has 0 bridgehead atoms. The number of hydrogen-bond donors (Lipinski definition) is 12. The first kappa shape index (κ1) is 89.4. The number of ether oxygens (including phenoxy) is 6. The number of hydrogen-bond acceptors (Lipinski definition) is 18. The smallest absolute Gasteiger partial charge is 0.220 e. The molecule has 17 atom stereocenters. The number of allylic oxidation sites excluding steroid dienone is 20. The summed E-state index contributed by atoms with van der Waals surface area (Å²) in [5.74, 6) is -0.288. The molecule has 0 aromatic carbocycles. The summed E-state index contributed by atoms with van der Waals surface area (Å²) < 4.78 is 34.4. The first-order valence-electron chi connectivity index (χ1n) is 38.3. The Morgan fingerprint density at radius 2 is 0.697 bits per heavy atom. The molecule has 0 aromatic heterocycles. The number of rotatable bonds is 58. The van der Waals surface area contributed by atoms with Crippen LogP contribution in [0.15, 0.2) is 122 Å². The summed E-state index contributed by atoms with van der Waals surface area (Å²) in [7, 11) is 0. The summed E-state index contributed by atoms with van der Waals surface area (Å²) in [5.41, 5.74) is 0. The van der Waals surface area contributed by atoms with Crippen molar-refractivity contribution in [1.82, 2.24) is 5.32 Å². The van der Waals surface area contributed by atoms with Crippen LogP contribution < -0.4 is 5.32 Å². The highest BCUT2D eigenvalue weighted by Crippen LogP contribution is 2.33. The molecular formula is C80H135NO18. The Labute approximate surface area is 595 Å². The molecule has 568 valence electrons. The standard InChI is InChI=1S/C80H135NO18/c1-3-5-7-9-11-13-15-17-19-21-23-25-26-27-28-29-30-31-32-33-34-35-36-38-40-42-44-46-48-50-52-54-56-58-68(86)81-63(64(85)57-55-53-51-49-47-45-43-41-39-37-24-22-20-18-16-14-12-10-8-6-4-2)62-94-78-74(92)71(89)76(66(60-83)96-78)99-80-75(93)72(90)77(67(61-84)97-80)98-79-73(91)70(88)69(87)65(59-82)95-79/h5,7,11,13,17,19,23,25,27-28,30-31,33-34,36,38,42,44,48,50,63-67,69-80,82-85,87-93H,3-4,6,8-10,12,14-16,18,20-22,24,26,29,32,35,37,39-41,43,45-47,49,51-62H2,1-2H3,(H,81,86)/b7-5-,13-11-,19-17-,25-23-,28-27-,31-30-,34-33-,38-36-,44-42-,50-48-. The molecule has 3 aliphatic rings. The zero-order valence-electron chi connectivity index (χ0n) is 60.4. The number of aliphatic hydroxyl groups is 11. The quantitative estimate of drug-likeness (QED) is 0.0199. The first-order valence-corrected chi connectivity index (χ1v) is 38.3. The molecule has 0 radical (unpaired) electrons. The molecule has 12 N–H and O–H groups in total. The SMILES string of the molecule is CC/C=C\C/C=C\C/C=C\C/C=C\C/C=C\C/C=C\C/C=C\C/C=C\C/C=C\C/C=C\CCCCC(=O)NC(COC1OC(CO)C(OC2OC(CO)C(OC3OC(CO)C(O)C(O)C3O)C(O)C2O)C(O)C1O)C(O)CCCCCCCCCCCCCCCCCCCCCCC. The van der Waals surface area contributed by atoms with Gasteiger partial charge in [0.25, 0.3) is 0 Å². The van der Waals surface area contributed by atoms with Gasteiger partial charge in [-0.3, -0.25) is 4.79 Å². The van der Waals surface area contributed by atoms with E-state index in [-0.39, 0.29) is 18.9 Å². The van der Waals surface area contributed by atoms with Gasteiger partial charge >= 0.3 is 0 Å². The summed E-state index contributed by atoms with van der Waals surface area (Å²) in [6.07, 6.45) is 55.6. The van der Waals surface area contributed by atoms with Gasteiger partial charge in [0.15, 0.2) is 18.9 Å². The lowest BCUT2D eigenvalue weighted by Crippen LogP contribution is -2.66. The maximum atomic E-state index is 13.5. The van der Waals surface area contributed by atoms with E-state index >= 15 is 0 Å². The van der Waals surface area contributed by atoms with Gasteiger partial charge in [-0.2, -0.15) is 0 Å². The van der Waals surface area contributed by atoms with Gasteiger partial charge in [-0.25, -0.2) is 0 Å². The van der Waals surface area contributed by atoms with E-state index in [0.717, 1.165) is 96.3 Å². The summed E-state index contributed by atoms with van der Waals surface area (Å²) in [5, 5.41) is 121. The van der Waals surface area contributed by atoms with Crippen LogP contribution in [0.5, 0.6) is 0 Å². The van der Waals surface area contributed by atoms with E-state index in [9.17, 15) is 61.0 Å². The summed E-state index contributed by atoms with van der Waals surface area (Å²) in [4.78, 5) is 13.5. The van der Waals surface area contributed by atoms with E-state index < -0.39 is 124 Å². The molecule has 3 aliphatic heterocycles. The second-order valence-corrected chi connectivity index (χ2v) is 26.7. The molecule has 19 nitrogen and oxygen atoms in total. The lowest BCUT2D eigenvalue weighted by Gasteiger charge is -2.48. The second-order valence-electron chi connectivity index (χ2n) is 26.7. The van der Waals surface area contributed by atoms with Crippen LogP contribution in [0.25, 0.3) is 0 Å². The highest BCUT2D eigenvalue weighted by molar-refractivity contribution is 5.76. The van der Waals surface area contributed by atoms with Crippen molar-refractivity contribution in [3.63, 3.8) is 0 Å². The Hall–Kier alpha value is -3.81. The van der Waals surface area contributed by atoms with Gasteiger partial charge in [-0.15, -0.1) is 0 Å². The van der Waals surface area contributed by atoms with Gasteiger partial charge in [0.05, 0.1) is 38.6 Å². The van der Waals surface area contributed by atoms with Crippen LogP contribution in [0.3, 0.4) is 0 Å². The molecule has 0 spiro atoms. The predicted molar refractivity (Wildman–Crippen MR) is 392 cm³/mol. The minimum absolute atomic E-state index is 0.203. The third kappa shape index (κ3) is 40.2. The van der Waals surface area contributed by atoms with Crippen molar-refractivity contribution in [2.75, 3.05) is 26.4 Å². The first-order chi connectivity index (χ1) is 48.3. The van der Waals surface area contributed by atoms with Crippen LogP contribution in [0, 0.1) is 0 Å². The maximum absolute atomic E-state index is 13.5. The number of nitrogens with one attached hydrogen (secondary N) is 1. The Balaban J connectivity index is 1.41. The minimum Gasteiger partial charge on any atom is -0.394 e. The molecule has 0 aliphatic carbocycles. The molecule has 99 heavy (non-hydrogen) atoms. The molecule has 3 heterocycles. The van der Waals surface area contributed by atoms with Crippen LogP contribution in [-0.2, 0) is 33.2 Å². The summed E-state index contributed by atoms with van der Waals surface area (Å²) in [6, 6.07) is -0.921. The Morgan fingerprint density at radius 1 is 0.374 bits per heavy atom. The van der Waals surface area contributed by atoms with E-state index in [0.29, 0.717) is 19.3 Å². The molecule has 19 heteroatoms. The fourth-order valence-electron chi connectivity index (χ4n) is 12.2. The average Bonchev–Trinajstić information content (AvgIpc) is 0.761. The van der Waals surface area contributed by atoms with Crippen LogP contribution in [-0.4, -0.2) is 193 Å². The fraction of sp³-hybridized carbons (Fsp3) is 0.738. The van der Waals surface area contributed by atoms with Crippen LogP contribution in [0.1, 0.15) is 245 Å². The van der Waals surface area contributed by atoms with Crippen LogP contribution >= 0.6 is 0 Å². The van der Waals surface area contributed by atoms with Crippen molar-refractivity contribution >= 4 is 5.91 Å². The highest BCUT2D eigenvalue weighted by Gasteiger charge is 2.53. The number of unbranched alkanes of at least 4 members (excludes halogenated alkanes) is 22.